The van der Waals surface area contributed by atoms with Gasteiger partial charge in [-0.05, 0) is 0 Å². The van der Waals surface area contributed by atoms with Crippen LogP contribution in [0.4, 0.5) is 0 Å². The first-order valence-corrected chi connectivity index (χ1v) is 13.4. The summed E-state index contributed by atoms with van der Waals surface area (Å²) >= 11 is -1.33. The molecule has 1 saturated heterocycles. The first kappa shape index (κ1) is 22.2. The zero-order valence-electron chi connectivity index (χ0n) is 18.7. The van der Waals surface area contributed by atoms with E-state index in [2.05, 4.69) is 0 Å². The zero-order valence-corrected chi connectivity index (χ0v) is 20.8. The number of hydrogen-bond acceptors (Lipinski definition) is 10. The number of carbonyl (C=O) groups is 2. The third kappa shape index (κ3) is 2.52. The van der Waals surface area contributed by atoms with Crippen molar-refractivity contribution < 1.29 is 68.9 Å². The number of halogens is 1. The maximum absolute atomic E-state index is 13.4. The van der Waals surface area contributed by atoms with E-state index in [1.54, 1.807) is 18.2 Å². The molecule has 2 heterocycles. The predicted octanol–water partition coefficient (Wildman–Crippen LogP) is -1.65. The molecule has 5 unspecified atom stereocenters. The number of alkyl halides is 1. The van der Waals surface area contributed by atoms with Crippen LogP contribution >= 0.6 is 0 Å². The van der Waals surface area contributed by atoms with Gasteiger partial charge in [-0.3, -0.25) is 0 Å². The first-order valence-electron chi connectivity index (χ1n) is 11.3. The summed E-state index contributed by atoms with van der Waals surface area (Å²) in [4.78, 5) is 26.6. The Morgan fingerprint density at radius 2 is 1.92 bits per heavy atom. The molecule has 7 atom stereocenters. The Hall–Kier alpha value is -3.03. The summed E-state index contributed by atoms with van der Waals surface area (Å²) in [5.74, 6) is -4.82. The Bertz CT molecular complexity index is 1400. The van der Waals surface area contributed by atoms with Crippen molar-refractivity contribution in [2.75, 3.05) is 13.7 Å². The van der Waals surface area contributed by atoms with Gasteiger partial charge in [-0.2, -0.15) is 0 Å². The van der Waals surface area contributed by atoms with E-state index < -0.39 is 66.1 Å². The van der Waals surface area contributed by atoms with Gasteiger partial charge in [0.25, 0.3) is 0 Å². The maximum atomic E-state index is 13.4. The average Bonchev–Trinajstić information content (AvgIpc) is 3.55. The number of hydrogen-bond donors (Lipinski definition) is 4. The van der Waals surface area contributed by atoms with Crippen molar-refractivity contribution in [3.8, 4) is 28.7 Å². The first-order chi connectivity index (χ1) is 17.2. The SMILES string of the molecule is COc1cc(C23C4CO[C@@]5(O)C(=O)C(C(O[C@@H]6[I-]Oc7cc(O)cc(O)c7C6=O)=CC25)C43)ccc1O. The number of Topliss-reactive ketones (excluding diaryl/α,β-unsaturated/α-hetero) is 2. The normalized spacial score (nSPS) is 37.3. The minimum atomic E-state index is -2.02. The topological polar surface area (TPSA) is 152 Å². The van der Waals surface area contributed by atoms with Crippen LogP contribution in [0.5, 0.6) is 28.7 Å². The number of aromatic hydroxyl groups is 3. The van der Waals surface area contributed by atoms with Crippen LogP contribution in [0.3, 0.4) is 0 Å². The molecular weight excluding hydrogens is 587 g/mol. The van der Waals surface area contributed by atoms with Gasteiger partial charge in [0.05, 0.1) is 0 Å². The number of benzene rings is 2. The van der Waals surface area contributed by atoms with E-state index >= 15 is 0 Å². The third-order valence-corrected chi connectivity index (χ3v) is 10.2. The molecule has 0 spiro atoms. The van der Waals surface area contributed by atoms with Gasteiger partial charge in [0, 0.05) is 0 Å². The number of allylic oxidation sites excluding steroid dienone is 1. The molecule has 4 bridgehead atoms. The third-order valence-electron chi connectivity index (χ3n) is 8.19. The van der Waals surface area contributed by atoms with E-state index in [1.165, 1.54) is 19.2 Å². The van der Waals surface area contributed by atoms with Crippen LogP contribution in [0.15, 0.2) is 42.2 Å². The summed E-state index contributed by atoms with van der Waals surface area (Å²) < 4.78 is 21.8. The molecule has 8 rings (SSSR count). The number of fused-ring (bicyclic) bond motifs is 1. The second-order valence-corrected chi connectivity index (χ2v) is 11.7. The number of aliphatic hydroxyl groups is 1. The van der Waals surface area contributed by atoms with Gasteiger partial charge in [0.1, 0.15) is 0 Å². The van der Waals surface area contributed by atoms with Crippen molar-refractivity contribution in [1.29, 1.82) is 0 Å². The molecule has 188 valence electrons. The molecular formula is C25H20IO10-. The molecule has 10 nitrogen and oxygen atoms in total. The molecule has 36 heavy (non-hydrogen) atoms. The van der Waals surface area contributed by atoms with Gasteiger partial charge in [-0.1, -0.05) is 0 Å². The summed E-state index contributed by atoms with van der Waals surface area (Å²) in [6.45, 7) is 0.188. The fourth-order valence-electron chi connectivity index (χ4n) is 6.74. The van der Waals surface area contributed by atoms with Crippen LogP contribution in [0.2, 0.25) is 0 Å². The fourth-order valence-corrected chi connectivity index (χ4v) is 8.53. The Balaban J connectivity index is 1.27. The standard InChI is InChI=1S/C25H20IO10/c1-33-14-4-9(2-3-12(14)28)24-11-8-34-25(32)17(24)7-15(19(20(11)24)22(25)31)35-23-21(30)18-13(29)5-10(27)6-16(18)36-26-23/h2-7,11,17,19-20,23,27-29,32H,8H2,1H3/q-1/t11?,17?,19?,20?,23-,24?,25+/m0/s1. The molecule has 2 aromatic rings. The monoisotopic (exact) mass is 607 g/mol. The van der Waals surface area contributed by atoms with Crippen molar-refractivity contribution >= 4 is 11.6 Å². The van der Waals surface area contributed by atoms with E-state index in [-0.39, 0.29) is 41.3 Å². The summed E-state index contributed by atoms with van der Waals surface area (Å²) in [6, 6.07) is 7.36. The quantitative estimate of drug-likeness (QED) is 0.235. The van der Waals surface area contributed by atoms with E-state index in [0.717, 1.165) is 11.6 Å². The van der Waals surface area contributed by atoms with Gasteiger partial charge in [0.2, 0.25) is 0 Å². The van der Waals surface area contributed by atoms with Crippen molar-refractivity contribution in [1.82, 2.24) is 0 Å². The average molecular weight is 607 g/mol. The number of carbonyl (C=O) groups excluding carboxylic acids is 2. The molecule has 3 fully saturated rings. The minimum absolute atomic E-state index is 0.0110. The van der Waals surface area contributed by atoms with Crippen LogP contribution in [0, 0.1) is 23.7 Å². The number of methoxy groups -OCH3 is 1. The second-order valence-electron chi connectivity index (χ2n) is 9.65. The van der Waals surface area contributed by atoms with Gasteiger partial charge in [0.15, 0.2) is 0 Å². The number of phenols is 3. The van der Waals surface area contributed by atoms with E-state index in [4.69, 9.17) is 17.3 Å². The van der Waals surface area contributed by atoms with E-state index in [9.17, 15) is 30.0 Å². The van der Waals surface area contributed by atoms with Crippen LogP contribution in [0.25, 0.3) is 0 Å². The number of rotatable bonds is 4. The molecule has 11 heteroatoms. The van der Waals surface area contributed by atoms with E-state index in [1.807, 2.05) is 0 Å². The Kier molecular flexibility index (Phi) is 4.34. The van der Waals surface area contributed by atoms with Crippen LogP contribution in [-0.2, 0) is 19.7 Å². The summed E-state index contributed by atoms with van der Waals surface area (Å²) in [5.41, 5.74) is 0.162. The molecule has 6 aliphatic rings. The van der Waals surface area contributed by atoms with Crippen LogP contribution in [0.1, 0.15) is 15.9 Å². The molecule has 4 aliphatic carbocycles. The summed E-state index contributed by atoms with van der Waals surface area (Å²) in [6.07, 6.45) is 1.68. The number of ether oxygens (including phenoxy) is 3. The van der Waals surface area contributed by atoms with Gasteiger partial charge < -0.3 is 0 Å². The Morgan fingerprint density at radius 1 is 1.11 bits per heavy atom. The van der Waals surface area contributed by atoms with E-state index in [0.29, 0.717) is 11.5 Å². The van der Waals surface area contributed by atoms with Crippen LogP contribution in [-0.4, -0.2) is 55.6 Å². The Labute approximate surface area is 214 Å². The second kappa shape index (κ2) is 7.05. The molecule has 4 N–H and O–H groups in total. The van der Waals surface area contributed by atoms with Gasteiger partial charge >= 0.3 is 215 Å². The predicted molar refractivity (Wildman–Crippen MR) is 114 cm³/mol. The molecule has 0 aromatic heterocycles. The number of phenolic OH excluding ortho intramolecular Hbond substituents is 3. The van der Waals surface area contributed by atoms with Gasteiger partial charge in [-0.25, -0.2) is 0 Å². The summed E-state index contributed by atoms with van der Waals surface area (Å²) in [5, 5.41) is 41.3. The van der Waals surface area contributed by atoms with Crippen molar-refractivity contribution in [3.05, 3.63) is 53.3 Å². The molecule has 2 aliphatic heterocycles. The molecule has 0 amide bonds. The molecule has 2 aromatic carbocycles. The number of ketones is 2. The molecule has 2 saturated carbocycles. The Morgan fingerprint density at radius 3 is 2.69 bits per heavy atom. The van der Waals surface area contributed by atoms with Crippen molar-refractivity contribution in [2.45, 2.75) is 15.3 Å². The van der Waals surface area contributed by atoms with Crippen molar-refractivity contribution in [2.24, 2.45) is 23.7 Å². The summed E-state index contributed by atoms with van der Waals surface area (Å²) in [7, 11) is 1.45. The van der Waals surface area contributed by atoms with Crippen molar-refractivity contribution in [3.63, 3.8) is 0 Å². The van der Waals surface area contributed by atoms with Crippen LogP contribution < -0.4 is 29.4 Å². The zero-order chi connectivity index (χ0) is 25.1. The van der Waals surface area contributed by atoms with Gasteiger partial charge in [-0.15, -0.1) is 0 Å². The fraction of sp³-hybridized carbons (Fsp3) is 0.360. The molecule has 0 radical (unpaired) electrons.